The number of ether oxygens (including phenoxy) is 1. The Morgan fingerprint density at radius 2 is 2.04 bits per heavy atom. The number of aromatic nitrogens is 1. The van der Waals surface area contributed by atoms with E-state index in [2.05, 4.69) is 10.3 Å². The maximum absolute atomic E-state index is 12.3. The predicted molar refractivity (Wildman–Crippen MR) is 93.1 cm³/mol. The van der Waals surface area contributed by atoms with Crippen LogP contribution in [0.4, 0.5) is 0 Å². The number of aryl methyl sites for hydroxylation is 2. The number of amides is 1. The lowest BCUT2D eigenvalue weighted by Gasteiger charge is -2.17. The predicted octanol–water partition coefficient (Wildman–Crippen LogP) is 2.78. The van der Waals surface area contributed by atoms with Crippen molar-refractivity contribution in [3.63, 3.8) is 0 Å². The molecule has 2 N–H and O–H groups in total. The second kappa shape index (κ2) is 8.45. The molecule has 1 unspecified atom stereocenters. The van der Waals surface area contributed by atoms with Crippen LogP contribution in [0.1, 0.15) is 40.4 Å². The second-order valence-electron chi connectivity index (χ2n) is 5.85. The highest BCUT2D eigenvalue weighted by Crippen LogP contribution is 2.26. The third-order valence-corrected chi connectivity index (χ3v) is 3.88. The van der Waals surface area contributed by atoms with Crippen molar-refractivity contribution in [1.29, 1.82) is 0 Å². The molecule has 2 rings (SSSR count). The molecule has 0 radical (unpaired) electrons. The molecule has 1 heterocycles. The van der Waals surface area contributed by atoms with E-state index in [-0.39, 0.29) is 18.6 Å². The van der Waals surface area contributed by atoms with Crippen molar-refractivity contribution in [2.45, 2.75) is 39.8 Å². The summed E-state index contributed by atoms with van der Waals surface area (Å²) in [6, 6.07) is 7.23. The molecule has 0 aliphatic carbocycles. The summed E-state index contributed by atoms with van der Waals surface area (Å²) < 4.78 is 5.90. The zero-order valence-corrected chi connectivity index (χ0v) is 14.4. The van der Waals surface area contributed by atoms with Crippen molar-refractivity contribution in [2.24, 2.45) is 0 Å². The van der Waals surface area contributed by atoms with Gasteiger partial charge in [-0.05, 0) is 49.6 Å². The van der Waals surface area contributed by atoms with Gasteiger partial charge in [0.15, 0.2) is 0 Å². The summed E-state index contributed by atoms with van der Waals surface area (Å²) in [5.41, 5.74) is 3.37. The number of nitrogens with one attached hydrogen (secondary N) is 1. The highest BCUT2D eigenvalue weighted by Gasteiger charge is 2.14. The lowest BCUT2D eigenvalue weighted by atomic mass is 10.0. The first-order valence-electron chi connectivity index (χ1n) is 8.09. The third-order valence-electron chi connectivity index (χ3n) is 3.88. The minimum Gasteiger partial charge on any atom is -0.488 e. The molecule has 1 aromatic carbocycles. The number of carbonyl (C=O) groups excluding carboxylic acids is 1. The van der Waals surface area contributed by atoms with Crippen molar-refractivity contribution in [1.82, 2.24) is 10.3 Å². The molecule has 5 nitrogen and oxygen atoms in total. The van der Waals surface area contributed by atoms with Crippen LogP contribution in [0.3, 0.4) is 0 Å². The molecule has 0 saturated carbocycles. The number of benzene rings is 1. The van der Waals surface area contributed by atoms with E-state index in [9.17, 15) is 9.90 Å². The number of hydrogen-bond donors (Lipinski definition) is 2. The summed E-state index contributed by atoms with van der Waals surface area (Å²) in [4.78, 5) is 16.4. The van der Waals surface area contributed by atoms with E-state index >= 15 is 0 Å². The van der Waals surface area contributed by atoms with Crippen LogP contribution in [0.5, 0.6) is 5.75 Å². The van der Waals surface area contributed by atoms with Gasteiger partial charge in [-0.15, -0.1) is 0 Å². The Labute approximate surface area is 142 Å². The zero-order valence-electron chi connectivity index (χ0n) is 14.4. The summed E-state index contributed by atoms with van der Waals surface area (Å²) >= 11 is 0. The molecule has 1 amide bonds. The van der Waals surface area contributed by atoms with Crippen molar-refractivity contribution < 1.29 is 14.6 Å². The number of carbonyl (C=O) groups is 1. The fraction of sp³-hybridized carbons (Fsp3) is 0.368. The monoisotopic (exact) mass is 328 g/mol. The first-order chi connectivity index (χ1) is 11.5. The summed E-state index contributed by atoms with van der Waals surface area (Å²) in [6.07, 6.45) is 4.18. The van der Waals surface area contributed by atoms with Crippen molar-refractivity contribution in [3.8, 4) is 5.75 Å². The van der Waals surface area contributed by atoms with Gasteiger partial charge in [-0.2, -0.15) is 0 Å². The summed E-state index contributed by atoms with van der Waals surface area (Å²) in [6.45, 7) is 6.14. The van der Waals surface area contributed by atoms with E-state index in [1.807, 2.05) is 45.0 Å². The largest absolute Gasteiger partial charge is 0.488 e. The number of nitrogens with zero attached hydrogens (tertiary/aromatic N) is 1. The Morgan fingerprint density at radius 3 is 2.58 bits per heavy atom. The molecule has 0 bridgehead atoms. The van der Waals surface area contributed by atoms with Gasteiger partial charge in [0.05, 0.1) is 12.6 Å². The minimum absolute atomic E-state index is 0.0630. The van der Waals surface area contributed by atoms with Gasteiger partial charge in [-0.25, -0.2) is 0 Å². The molecule has 128 valence electrons. The second-order valence-corrected chi connectivity index (χ2v) is 5.85. The molecular formula is C19H24N2O3. The summed E-state index contributed by atoms with van der Waals surface area (Å²) in [5, 5.41) is 12.0. The van der Waals surface area contributed by atoms with Crippen LogP contribution in [0.2, 0.25) is 0 Å². The fourth-order valence-corrected chi connectivity index (χ4v) is 2.49. The van der Waals surface area contributed by atoms with Gasteiger partial charge in [-0.3, -0.25) is 9.78 Å². The molecule has 1 aromatic heterocycles. The first-order valence-corrected chi connectivity index (χ1v) is 8.09. The van der Waals surface area contributed by atoms with Crippen LogP contribution in [-0.2, 0) is 6.61 Å². The number of hydrogen-bond acceptors (Lipinski definition) is 4. The smallest absolute Gasteiger partial charge is 0.251 e. The maximum Gasteiger partial charge on any atom is 0.251 e. The fourth-order valence-electron chi connectivity index (χ4n) is 2.49. The molecule has 0 saturated heterocycles. The third kappa shape index (κ3) is 4.55. The Bertz CT molecular complexity index is 659. The standard InChI is InChI=1S/C19H24N2O3/c1-4-17(11-22)21-19(23)16-8-13(2)18(14(3)9-16)24-12-15-6-5-7-20-10-15/h5-10,17,22H,4,11-12H2,1-3H3,(H,21,23). The SMILES string of the molecule is CCC(CO)NC(=O)c1cc(C)c(OCc2cccnc2)c(C)c1. The van der Waals surface area contributed by atoms with Crippen molar-refractivity contribution >= 4 is 5.91 Å². The number of aliphatic hydroxyl groups excluding tert-OH is 1. The number of rotatable bonds is 7. The van der Waals surface area contributed by atoms with Crippen LogP contribution in [-0.4, -0.2) is 28.6 Å². The normalized spacial score (nSPS) is 11.8. The van der Waals surface area contributed by atoms with E-state index in [0.717, 1.165) is 22.4 Å². The summed E-state index contributed by atoms with van der Waals surface area (Å²) in [5.74, 6) is 0.602. The minimum atomic E-state index is -0.223. The molecule has 0 aliphatic rings. The van der Waals surface area contributed by atoms with Gasteiger partial charge in [0.1, 0.15) is 12.4 Å². The van der Waals surface area contributed by atoms with Gasteiger partial charge in [0.25, 0.3) is 5.91 Å². The van der Waals surface area contributed by atoms with E-state index in [1.165, 1.54) is 0 Å². The quantitative estimate of drug-likeness (QED) is 0.820. The van der Waals surface area contributed by atoms with Crippen LogP contribution in [0, 0.1) is 13.8 Å². The molecule has 1 atom stereocenters. The van der Waals surface area contributed by atoms with E-state index < -0.39 is 0 Å². The molecule has 0 aliphatic heterocycles. The lowest BCUT2D eigenvalue weighted by Crippen LogP contribution is -2.37. The van der Waals surface area contributed by atoms with Crippen molar-refractivity contribution in [2.75, 3.05) is 6.61 Å². The van der Waals surface area contributed by atoms with Gasteiger partial charge in [-0.1, -0.05) is 13.0 Å². The van der Waals surface area contributed by atoms with E-state index in [4.69, 9.17) is 4.74 Å². The summed E-state index contributed by atoms with van der Waals surface area (Å²) in [7, 11) is 0. The van der Waals surface area contributed by atoms with E-state index in [0.29, 0.717) is 18.6 Å². The van der Waals surface area contributed by atoms with Gasteiger partial charge >= 0.3 is 0 Å². The topological polar surface area (TPSA) is 71.5 Å². The van der Waals surface area contributed by atoms with Gasteiger partial charge < -0.3 is 15.2 Å². The molecular weight excluding hydrogens is 304 g/mol. The lowest BCUT2D eigenvalue weighted by molar-refractivity contribution is 0.0914. The van der Waals surface area contributed by atoms with E-state index in [1.54, 1.807) is 12.4 Å². The highest BCUT2D eigenvalue weighted by molar-refractivity contribution is 5.95. The Balaban J connectivity index is 2.11. The van der Waals surface area contributed by atoms with Crippen LogP contribution >= 0.6 is 0 Å². The molecule has 2 aromatic rings. The average Bonchev–Trinajstić information content (AvgIpc) is 2.59. The molecule has 5 heteroatoms. The van der Waals surface area contributed by atoms with Crippen LogP contribution < -0.4 is 10.1 Å². The highest BCUT2D eigenvalue weighted by atomic mass is 16.5. The zero-order chi connectivity index (χ0) is 17.5. The Kier molecular flexibility index (Phi) is 6.32. The Morgan fingerprint density at radius 1 is 1.33 bits per heavy atom. The van der Waals surface area contributed by atoms with Crippen molar-refractivity contribution in [3.05, 3.63) is 58.9 Å². The van der Waals surface area contributed by atoms with Gasteiger partial charge in [0.2, 0.25) is 0 Å². The Hall–Kier alpha value is -2.40. The maximum atomic E-state index is 12.3. The molecule has 0 spiro atoms. The van der Waals surface area contributed by atoms with Crippen LogP contribution in [0.15, 0.2) is 36.7 Å². The average molecular weight is 328 g/mol. The van der Waals surface area contributed by atoms with Gasteiger partial charge in [0, 0.05) is 23.5 Å². The number of pyridine rings is 1. The van der Waals surface area contributed by atoms with Crippen LogP contribution in [0.25, 0.3) is 0 Å². The molecule has 0 fully saturated rings. The first kappa shape index (κ1) is 17.9. The molecule has 24 heavy (non-hydrogen) atoms. The number of aliphatic hydroxyl groups is 1.